The quantitative estimate of drug-likeness (QED) is 0.159. The largest absolute Gasteiger partial charge is 0.481 e. The van der Waals surface area contributed by atoms with Crippen molar-refractivity contribution >= 4 is 64.6 Å². The Hall–Kier alpha value is -3.83. The number of nitrogens with one attached hydrogen (secondary N) is 1. The van der Waals surface area contributed by atoms with Gasteiger partial charge in [0, 0.05) is 29.4 Å². The lowest BCUT2D eigenvalue weighted by atomic mass is 9.89. The number of β-lactam (4-membered cyclic amide) rings is 1. The number of carboxylic acid groups (broad SMARTS) is 3. The van der Waals surface area contributed by atoms with Crippen LogP contribution in [-0.2, 0) is 30.4 Å². The van der Waals surface area contributed by atoms with Crippen LogP contribution in [-0.4, -0.2) is 103 Å². The number of aliphatic carboxylic acids is 3. The Morgan fingerprint density at radius 2 is 1.90 bits per heavy atom. The van der Waals surface area contributed by atoms with Gasteiger partial charge in [-0.15, -0.1) is 22.0 Å². The topological polar surface area (TPSA) is 229 Å². The molecule has 0 spiro atoms. The fraction of sp³-hybridized carbons (Fsp3) is 0.409. The lowest BCUT2D eigenvalue weighted by Crippen LogP contribution is -2.75. The Bertz CT molecular complexity index is 1290. The third-order valence-electron chi connectivity index (χ3n) is 6.10. The predicted molar refractivity (Wildman–Crippen MR) is 137 cm³/mol. The van der Waals surface area contributed by atoms with Crippen LogP contribution in [0.25, 0.3) is 0 Å². The number of hydrogen-bond acceptors (Lipinski definition) is 12. The van der Waals surface area contributed by atoms with E-state index in [-0.39, 0.29) is 42.3 Å². The number of carbonyl (C=O) groups is 5. The standard InChI is InChI=1S/C22H24N6O9S2/c23-6-14(29)28(12-3-1-11(2-4-12)24-7-16(32)33)17-18(34)27-8-22(20(35)36,9-38-19(17)27)10-39-21-26-25-13(37-21)5-15(30)31/h1-4,17,19,24H,5-10,23H2,(H,30,31)(H,32,33)(H,35,36)/t17?,19-,22?/m1/s1. The van der Waals surface area contributed by atoms with Gasteiger partial charge in [0.25, 0.3) is 5.22 Å². The van der Waals surface area contributed by atoms with Gasteiger partial charge in [0.05, 0.1) is 6.54 Å². The summed E-state index contributed by atoms with van der Waals surface area (Å²) < 4.78 is 5.25. The molecule has 2 saturated heterocycles. The highest BCUT2D eigenvalue weighted by molar-refractivity contribution is 8.00. The molecular weight excluding hydrogens is 556 g/mol. The molecule has 1 aromatic carbocycles. The average molecular weight is 581 g/mol. The van der Waals surface area contributed by atoms with E-state index in [1.165, 1.54) is 21.6 Å². The minimum atomic E-state index is -1.35. The predicted octanol–water partition coefficient (Wildman–Crippen LogP) is -0.368. The molecule has 2 aromatic rings. The van der Waals surface area contributed by atoms with Crippen molar-refractivity contribution in [2.75, 3.05) is 41.4 Å². The highest BCUT2D eigenvalue weighted by Gasteiger charge is 2.59. The van der Waals surface area contributed by atoms with Crippen LogP contribution in [0.1, 0.15) is 5.89 Å². The van der Waals surface area contributed by atoms with Crippen LogP contribution in [0.2, 0.25) is 0 Å². The fourth-order valence-corrected chi connectivity index (χ4v) is 6.85. The van der Waals surface area contributed by atoms with Gasteiger partial charge in [0.1, 0.15) is 29.8 Å². The maximum atomic E-state index is 13.3. The van der Waals surface area contributed by atoms with E-state index in [4.69, 9.17) is 20.4 Å². The van der Waals surface area contributed by atoms with Gasteiger partial charge < -0.3 is 35.7 Å². The molecular formula is C22H24N6O9S2. The molecule has 2 aliphatic heterocycles. The molecule has 2 fully saturated rings. The van der Waals surface area contributed by atoms with Crippen LogP contribution < -0.4 is 16.0 Å². The Morgan fingerprint density at radius 3 is 2.51 bits per heavy atom. The summed E-state index contributed by atoms with van der Waals surface area (Å²) in [4.78, 5) is 62.7. The van der Waals surface area contributed by atoms with E-state index >= 15 is 0 Å². The Morgan fingerprint density at radius 1 is 1.18 bits per heavy atom. The summed E-state index contributed by atoms with van der Waals surface area (Å²) in [6, 6.07) is 5.41. The van der Waals surface area contributed by atoms with Crippen LogP contribution in [0.5, 0.6) is 0 Å². The zero-order valence-corrected chi connectivity index (χ0v) is 21.8. The molecule has 0 bridgehead atoms. The monoisotopic (exact) mass is 580 g/mol. The maximum Gasteiger partial charge on any atom is 0.322 e. The number of nitrogens with zero attached hydrogens (tertiary/aromatic N) is 4. The minimum Gasteiger partial charge on any atom is -0.481 e. The van der Waals surface area contributed by atoms with Crippen LogP contribution in [0, 0.1) is 5.41 Å². The van der Waals surface area contributed by atoms with Gasteiger partial charge in [-0.3, -0.25) is 28.9 Å². The normalized spacial score (nSPS) is 22.0. The molecule has 6 N–H and O–H groups in total. The van der Waals surface area contributed by atoms with Crippen molar-refractivity contribution in [2.45, 2.75) is 23.1 Å². The van der Waals surface area contributed by atoms with E-state index < -0.39 is 53.0 Å². The zero-order valence-electron chi connectivity index (χ0n) is 20.2. The number of carbonyl (C=O) groups excluding carboxylic acids is 2. The number of thioether (sulfide) groups is 2. The van der Waals surface area contributed by atoms with Crippen LogP contribution in [0.15, 0.2) is 33.9 Å². The van der Waals surface area contributed by atoms with Gasteiger partial charge in [-0.25, -0.2) is 0 Å². The molecule has 2 amide bonds. The fourth-order valence-electron chi connectivity index (χ4n) is 4.16. The second kappa shape index (κ2) is 11.5. The van der Waals surface area contributed by atoms with Crippen LogP contribution in [0.3, 0.4) is 0 Å². The van der Waals surface area contributed by atoms with Crippen LogP contribution >= 0.6 is 23.5 Å². The van der Waals surface area contributed by atoms with E-state index in [2.05, 4.69) is 15.5 Å². The van der Waals surface area contributed by atoms with E-state index in [0.29, 0.717) is 11.4 Å². The lowest BCUT2D eigenvalue weighted by Gasteiger charge is -2.56. The average Bonchev–Trinajstić information content (AvgIpc) is 3.35. The van der Waals surface area contributed by atoms with Gasteiger partial charge in [-0.2, -0.15) is 0 Å². The maximum absolute atomic E-state index is 13.3. The number of nitrogens with two attached hydrogens (primary N) is 1. The molecule has 208 valence electrons. The van der Waals surface area contributed by atoms with Gasteiger partial charge in [-0.1, -0.05) is 11.8 Å². The molecule has 39 heavy (non-hydrogen) atoms. The first-order valence-corrected chi connectivity index (χ1v) is 13.5. The third-order valence-corrected chi connectivity index (χ3v) is 8.79. The van der Waals surface area contributed by atoms with Crippen molar-refractivity contribution in [3.8, 4) is 0 Å². The SMILES string of the molecule is NCC(=O)N(c1ccc(NCC(=O)O)cc1)C1C(=O)N2CC(CSc3nnc(CC(=O)O)o3)(C(=O)O)CS[C@H]12. The Balaban J connectivity index is 1.47. The number of rotatable bonds is 12. The summed E-state index contributed by atoms with van der Waals surface area (Å²) in [6.07, 6.45) is -0.460. The number of aromatic nitrogens is 2. The Kier molecular flexibility index (Phi) is 8.31. The molecule has 0 radical (unpaired) electrons. The first-order chi connectivity index (χ1) is 18.5. The van der Waals surface area contributed by atoms with E-state index in [1.54, 1.807) is 24.3 Å². The molecule has 0 aliphatic carbocycles. The summed E-state index contributed by atoms with van der Waals surface area (Å²) in [7, 11) is 0. The molecule has 2 aliphatic rings. The summed E-state index contributed by atoms with van der Waals surface area (Å²) in [5.41, 5.74) is 5.17. The summed E-state index contributed by atoms with van der Waals surface area (Å²) >= 11 is 2.19. The van der Waals surface area contributed by atoms with Crippen LogP contribution in [0.4, 0.5) is 11.4 Å². The molecule has 0 saturated carbocycles. The van der Waals surface area contributed by atoms with Crippen molar-refractivity contribution in [1.82, 2.24) is 15.1 Å². The highest BCUT2D eigenvalue weighted by atomic mass is 32.2. The smallest absolute Gasteiger partial charge is 0.322 e. The minimum absolute atomic E-state index is 0.0124. The van der Waals surface area contributed by atoms with Crippen molar-refractivity contribution in [1.29, 1.82) is 0 Å². The summed E-state index contributed by atoms with van der Waals surface area (Å²) in [5.74, 6) is -4.24. The zero-order chi connectivity index (χ0) is 28.3. The highest BCUT2D eigenvalue weighted by Crippen LogP contribution is 2.46. The molecule has 3 atom stereocenters. The number of anilines is 2. The summed E-state index contributed by atoms with van der Waals surface area (Å²) in [6.45, 7) is -0.760. The number of fused-ring (bicyclic) bond motifs is 1. The second-order valence-corrected chi connectivity index (χ2v) is 10.8. The van der Waals surface area contributed by atoms with Gasteiger partial charge in [0.2, 0.25) is 17.7 Å². The van der Waals surface area contributed by atoms with Crippen molar-refractivity contribution in [3.05, 3.63) is 30.2 Å². The number of carboxylic acids is 3. The molecule has 1 aromatic heterocycles. The van der Waals surface area contributed by atoms with E-state index in [0.717, 1.165) is 11.8 Å². The number of hydrogen-bond donors (Lipinski definition) is 5. The van der Waals surface area contributed by atoms with Crippen molar-refractivity contribution in [2.24, 2.45) is 11.1 Å². The van der Waals surface area contributed by atoms with E-state index in [9.17, 15) is 29.1 Å². The molecule has 2 unspecified atom stereocenters. The van der Waals surface area contributed by atoms with Crippen molar-refractivity contribution < 1.29 is 43.7 Å². The van der Waals surface area contributed by atoms with E-state index in [1.807, 2.05) is 0 Å². The molecule has 17 heteroatoms. The first-order valence-electron chi connectivity index (χ1n) is 11.4. The number of benzene rings is 1. The number of amides is 2. The Labute approximate surface area is 229 Å². The van der Waals surface area contributed by atoms with Gasteiger partial charge in [-0.05, 0) is 24.3 Å². The van der Waals surface area contributed by atoms with Gasteiger partial charge in [0.15, 0.2) is 0 Å². The third kappa shape index (κ3) is 5.94. The lowest BCUT2D eigenvalue weighted by molar-refractivity contribution is -0.156. The van der Waals surface area contributed by atoms with Crippen molar-refractivity contribution in [3.63, 3.8) is 0 Å². The van der Waals surface area contributed by atoms with Gasteiger partial charge >= 0.3 is 17.9 Å². The summed E-state index contributed by atoms with van der Waals surface area (Å²) in [5, 5.41) is 37.3. The molecule has 3 heterocycles. The molecule has 4 rings (SSSR count). The molecule has 15 nitrogen and oxygen atoms in total. The second-order valence-electron chi connectivity index (χ2n) is 8.78. The first kappa shape index (κ1) is 28.2.